The number of hydrogen-bond acceptors (Lipinski definition) is 1. The zero-order chi connectivity index (χ0) is 12.3. The van der Waals surface area contributed by atoms with Gasteiger partial charge in [0.1, 0.15) is 17.2 Å². The molecule has 0 radical (unpaired) electrons. The van der Waals surface area contributed by atoms with Gasteiger partial charge < -0.3 is 4.74 Å². The van der Waals surface area contributed by atoms with Gasteiger partial charge in [0.25, 0.3) is 0 Å². The normalized spacial score (nSPS) is 13.6. The number of alkyl halides is 4. The molecule has 1 aromatic rings. The Kier molecular flexibility index (Phi) is 4.50. The molecule has 0 fully saturated rings. The lowest BCUT2D eigenvalue weighted by Gasteiger charge is -2.15. The predicted octanol–water partition coefficient (Wildman–Crippen LogP) is 4.35. The van der Waals surface area contributed by atoms with Gasteiger partial charge in [0.05, 0.1) is 5.02 Å². The molecule has 0 saturated heterocycles. The number of halogens is 5. The molecule has 0 aromatic heterocycles. The number of ether oxygens (including phenoxy) is 1. The van der Waals surface area contributed by atoms with Crippen molar-refractivity contribution in [2.45, 2.75) is 17.9 Å². The van der Waals surface area contributed by atoms with Gasteiger partial charge in [0.15, 0.2) is 0 Å². The lowest BCUT2D eigenvalue weighted by molar-refractivity contribution is -0.132. The first-order valence-electron chi connectivity index (χ1n) is 4.40. The Balaban J connectivity index is 2.64. The summed E-state index contributed by atoms with van der Waals surface area (Å²) in [6.45, 7) is 1.30. The maximum Gasteiger partial charge on any atom is 0.404 e. The summed E-state index contributed by atoms with van der Waals surface area (Å²) in [5, 5.41) is 0.299. The zero-order valence-electron chi connectivity index (χ0n) is 8.31. The molecule has 0 saturated carbocycles. The molecule has 6 heteroatoms. The summed E-state index contributed by atoms with van der Waals surface area (Å²) in [4.78, 5) is -1.70. The van der Waals surface area contributed by atoms with Crippen LogP contribution in [-0.4, -0.2) is 17.6 Å². The molecule has 1 nitrogen and oxygen atoms in total. The summed E-state index contributed by atoms with van der Waals surface area (Å²) >= 11 is 8.28. The van der Waals surface area contributed by atoms with Crippen molar-refractivity contribution >= 4 is 27.5 Å². The van der Waals surface area contributed by atoms with Crippen LogP contribution >= 0.6 is 27.5 Å². The number of benzene rings is 1. The van der Waals surface area contributed by atoms with Crippen molar-refractivity contribution in [2.24, 2.45) is 0 Å². The molecular formula is C10H9BrClF3O. The first kappa shape index (κ1) is 13.6. The van der Waals surface area contributed by atoms with Gasteiger partial charge in [-0.2, -0.15) is 13.2 Å². The molecule has 90 valence electrons. The standard InChI is InChI=1S/C10H9BrClF3O/c1-6-2-3-7(12)8(4-6)16-5-9(11)10(13,14)15/h2-4,9H,5H2,1H3. The van der Waals surface area contributed by atoms with E-state index >= 15 is 0 Å². The molecular weight excluding hydrogens is 308 g/mol. The second-order valence-electron chi connectivity index (χ2n) is 3.25. The molecule has 0 aliphatic rings. The fourth-order valence-corrected chi connectivity index (χ4v) is 1.28. The van der Waals surface area contributed by atoms with Gasteiger partial charge in [-0.1, -0.05) is 33.6 Å². The first-order chi connectivity index (χ1) is 7.30. The van der Waals surface area contributed by atoms with Gasteiger partial charge in [0, 0.05) is 0 Å². The van der Waals surface area contributed by atoms with Crippen LogP contribution < -0.4 is 4.74 Å². The fourth-order valence-electron chi connectivity index (χ4n) is 0.979. The Morgan fingerprint density at radius 3 is 2.62 bits per heavy atom. The number of aryl methyl sites for hydroxylation is 1. The smallest absolute Gasteiger partial charge is 0.404 e. The van der Waals surface area contributed by atoms with Crippen LogP contribution in [0.1, 0.15) is 5.56 Å². The van der Waals surface area contributed by atoms with Gasteiger partial charge in [-0.15, -0.1) is 0 Å². The molecule has 0 heterocycles. The van der Waals surface area contributed by atoms with Crippen molar-refractivity contribution in [1.29, 1.82) is 0 Å². The lowest BCUT2D eigenvalue weighted by Crippen LogP contribution is -2.28. The van der Waals surface area contributed by atoms with E-state index in [1.807, 2.05) is 0 Å². The van der Waals surface area contributed by atoms with E-state index in [0.717, 1.165) is 5.56 Å². The quantitative estimate of drug-likeness (QED) is 0.753. The van der Waals surface area contributed by atoms with Crippen LogP contribution in [0.15, 0.2) is 18.2 Å². The van der Waals surface area contributed by atoms with Crippen LogP contribution in [0.3, 0.4) is 0 Å². The van der Waals surface area contributed by atoms with E-state index in [2.05, 4.69) is 15.9 Å². The SMILES string of the molecule is Cc1ccc(Cl)c(OCC(Br)C(F)(F)F)c1. The summed E-state index contributed by atoms with van der Waals surface area (Å²) in [5.74, 6) is 0.260. The van der Waals surface area contributed by atoms with Crippen LogP contribution in [0.5, 0.6) is 5.75 Å². The highest BCUT2D eigenvalue weighted by molar-refractivity contribution is 9.09. The van der Waals surface area contributed by atoms with E-state index in [-0.39, 0.29) is 5.75 Å². The maximum atomic E-state index is 12.2. The van der Waals surface area contributed by atoms with E-state index in [1.165, 1.54) is 0 Å². The topological polar surface area (TPSA) is 9.23 Å². The monoisotopic (exact) mass is 316 g/mol. The maximum absolute atomic E-state index is 12.2. The first-order valence-corrected chi connectivity index (χ1v) is 5.70. The van der Waals surface area contributed by atoms with E-state index in [0.29, 0.717) is 5.02 Å². The minimum absolute atomic E-state index is 0.260. The number of hydrogen-bond donors (Lipinski definition) is 0. The number of rotatable bonds is 3. The third-order valence-corrected chi connectivity index (χ3v) is 2.92. The Labute approximate surface area is 105 Å². The van der Waals surface area contributed by atoms with Crippen LogP contribution in [0.25, 0.3) is 0 Å². The molecule has 1 rings (SSSR count). The Bertz CT molecular complexity index is 368. The summed E-state index contributed by atoms with van der Waals surface area (Å²) in [6, 6.07) is 4.94. The highest BCUT2D eigenvalue weighted by atomic mass is 79.9. The van der Waals surface area contributed by atoms with Crippen LogP contribution in [0.4, 0.5) is 13.2 Å². The van der Waals surface area contributed by atoms with Crippen molar-refractivity contribution in [1.82, 2.24) is 0 Å². The average Bonchev–Trinajstić information content (AvgIpc) is 2.17. The van der Waals surface area contributed by atoms with Gasteiger partial charge in [-0.3, -0.25) is 0 Å². The molecule has 0 aliphatic heterocycles. The molecule has 0 aliphatic carbocycles. The molecule has 0 spiro atoms. The summed E-state index contributed by atoms with van der Waals surface area (Å²) in [7, 11) is 0. The second-order valence-corrected chi connectivity index (χ2v) is 4.77. The second kappa shape index (κ2) is 5.27. The van der Waals surface area contributed by atoms with E-state index < -0.39 is 17.6 Å². The third-order valence-electron chi connectivity index (χ3n) is 1.83. The van der Waals surface area contributed by atoms with Crippen molar-refractivity contribution in [3.05, 3.63) is 28.8 Å². The molecule has 0 N–H and O–H groups in total. The molecule has 0 amide bonds. The minimum atomic E-state index is -4.32. The van der Waals surface area contributed by atoms with Crippen LogP contribution in [0, 0.1) is 6.92 Å². The third kappa shape index (κ3) is 3.87. The highest BCUT2D eigenvalue weighted by Crippen LogP contribution is 2.29. The summed E-state index contributed by atoms with van der Waals surface area (Å²) < 4.78 is 41.5. The zero-order valence-corrected chi connectivity index (χ0v) is 10.7. The van der Waals surface area contributed by atoms with Crippen LogP contribution in [0.2, 0.25) is 5.02 Å². The Morgan fingerprint density at radius 1 is 1.44 bits per heavy atom. The Morgan fingerprint density at radius 2 is 2.06 bits per heavy atom. The van der Waals surface area contributed by atoms with Crippen molar-refractivity contribution in [2.75, 3.05) is 6.61 Å². The van der Waals surface area contributed by atoms with Gasteiger partial charge in [0.2, 0.25) is 0 Å². The largest absolute Gasteiger partial charge is 0.490 e. The Hall–Kier alpha value is -0.420. The summed E-state index contributed by atoms with van der Waals surface area (Å²) in [6.07, 6.45) is -4.32. The van der Waals surface area contributed by atoms with E-state index in [1.54, 1.807) is 25.1 Å². The van der Waals surface area contributed by atoms with Crippen molar-refractivity contribution < 1.29 is 17.9 Å². The molecule has 16 heavy (non-hydrogen) atoms. The van der Waals surface area contributed by atoms with Crippen molar-refractivity contribution in [3.63, 3.8) is 0 Å². The fraction of sp³-hybridized carbons (Fsp3) is 0.400. The van der Waals surface area contributed by atoms with Crippen LogP contribution in [-0.2, 0) is 0 Å². The average molecular weight is 318 g/mol. The molecule has 1 aromatic carbocycles. The van der Waals surface area contributed by atoms with Gasteiger partial charge in [-0.05, 0) is 24.6 Å². The van der Waals surface area contributed by atoms with Gasteiger partial charge >= 0.3 is 6.18 Å². The molecule has 0 bridgehead atoms. The highest BCUT2D eigenvalue weighted by Gasteiger charge is 2.38. The minimum Gasteiger partial charge on any atom is -0.490 e. The predicted molar refractivity (Wildman–Crippen MR) is 60.5 cm³/mol. The molecule has 1 unspecified atom stereocenters. The van der Waals surface area contributed by atoms with E-state index in [4.69, 9.17) is 16.3 Å². The van der Waals surface area contributed by atoms with Gasteiger partial charge in [-0.25, -0.2) is 0 Å². The van der Waals surface area contributed by atoms with Crippen molar-refractivity contribution in [3.8, 4) is 5.75 Å². The lowest BCUT2D eigenvalue weighted by atomic mass is 10.2. The van der Waals surface area contributed by atoms with E-state index in [9.17, 15) is 13.2 Å². The molecule has 1 atom stereocenters. The summed E-state index contributed by atoms with van der Waals surface area (Å²) in [5.41, 5.74) is 0.873.